The lowest BCUT2D eigenvalue weighted by Gasteiger charge is -2.08. The highest BCUT2D eigenvalue weighted by atomic mass is 16.5. The number of amides is 1. The fourth-order valence-electron chi connectivity index (χ4n) is 2.24. The third kappa shape index (κ3) is 4.10. The van der Waals surface area contributed by atoms with Crippen LogP contribution in [0.4, 0.5) is 10.5 Å². The van der Waals surface area contributed by atoms with Crippen LogP contribution in [0, 0.1) is 0 Å². The predicted molar refractivity (Wildman–Crippen MR) is 92.7 cm³/mol. The van der Waals surface area contributed by atoms with Crippen LogP contribution in [0.5, 0.6) is 0 Å². The molecule has 3 rings (SSSR count). The molecular weight excluding hydrogens is 304 g/mol. The van der Waals surface area contributed by atoms with E-state index in [2.05, 4.69) is 10.3 Å². The van der Waals surface area contributed by atoms with Gasteiger partial charge in [-0.25, -0.2) is 4.79 Å². The monoisotopic (exact) mass is 320 g/mol. The van der Waals surface area contributed by atoms with Crippen molar-refractivity contribution in [3.8, 4) is 11.1 Å². The Bertz CT molecular complexity index is 868. The number of carbonyl (C=O) groups is 1. The molecule has 3 aromatic rings. The summed E-state index contributed by atoms with van der Waals surface area (Å²) in [5.74, 6) is 0. The standard InChI is InChI=1S/C19H16N2O3/c22-18-10-9-16(12-20-18)15-7-4-8-17(11-15)21-19(23)24-13-14-5-2-1-3-6-14/h1-12H,13H2,(H,20,22)(H,21,23). The first-order valence-electron chi connectivity index (χ1n) is 7.47. The summed E-state index contributed by atoms with van der Waals surface area (Å²) >= 11 is 0. The van der Waals surface area contributed by atoms with Gasteiger partial charge in [-0.2, -0.15) is 0 Å². The van der Waals surface area contributed by atoms with Crippen molar-refractivity contribution in [2.24, 2.45) is 0 Å². The number of hydrogen-bond acceptors (Lipinski definition) is 3. The first kappa shape index (κ1) is 15.6. The molecule has 0 unspecified atom stereocenters. The van der Waals surface area contributed by atoms with Crippen LogP contribution in [0.25, 0.3) is 11.1 Å². The van der Waals surface area contributed by atoms with Crippen molar-refractivity contribution in [3.63, 3.8) is 0 Å². The number of ether oxygens (including phenoxy) is 1. The third-order valence-electron chi connectivity index (χ3n) is 3.44. The summed E-state index contributed by atoms with van der Waals surface area (Å²) in [5.41, 5.74) is 3.13. The van der Waals surface area contributed by atoms with Crippen molar-refractivity contribution in [2.45, 2.75) is 6.61 Å². The maximum Gasteiger partial charge on any atom is 0.411 e. The highest BCUT2D eigenvalue weighted by Crippen LogP contribution is 2.21. The summed E-state index contributed by atoms with van der Waals surface area (Å²) in [6.45, 7) is 0.215. The van der Waals surface area contributed by atoms with E-state index in [9.17, 15) is 9.59 Å². The number of carbonyl (C=O) groups excluding carboxylic acids is 1. The second kappa shape index (κ2) is 7.28. The smallest absolute Gasteiger partial charge is 0.411 e. The third-order valence-corrected chi connectivity index (χ3v) is 3.44. The zero-order valence-corrected chi connectivity index (χ0v) is 12.9. The van der Waals surface area contributed by atoms with E-state index >= 15 is 0 Å². The van der Waals surface area contributed by atoms with Crippen molar-refractivity contribution in [1.29, 1.82) is 0 Å². The van der Waals surface area contributed by atoms with Gasteiger partial charge >= 0.3 is 6.09 Å². The van der Waals surface area contributed by atoms with E-state index in [0.717, 1.165) is 16.7 Å². The number of aromatic amines is 1. The summed E-state index contributed by atoms with van der Waals surface area (Å²) in [4.78, 5) is 25.7. The van der Waals surface area contributed by atoms with E-state index in [-0.39, 0.29) is 12.2 Å². The van der Waals surface area contributed by atoms with Crippen LogP contribution in [0.15, 0.2) is 77.7 Å². The second-order valence-electron chi connectivity index (χ2n) is 5.21. The van der Waals surface area contributed by atoms with Crippen molar-refractivity contribution >= 4 is 11.8 Å². The number of hydrogen-bond donors (Lipinski definition) is 2. The first-order valence-corrected chi connectivity index (χ1v) is 7.47. The van der Waals surface area contributed by atoms with Crippen LogP contribution >= 0.6 is 0 Å². The van der Waals surface area contributed by atoms with Gasteiger partial charge in [-0.1, -0.05) is 42.5 Å². The Morgan fingerprint density at radius 1 is 0.958 bits per heavy atom. The van der Waals surface area contributed by atoms with Gasteiger partial charge in [0.05, 0.1) is 0 Å². The molecule has 0 saturated carbocycles. The molecule has 24 heavy (non-hydrogen) atoms. The molecule has 0 aliphatic heterocycles. The lowest BCUT2D eigenvalue weighted by Crippen LogP contribution is -2.13. The number of rotatable bonds is 4. The quantitative estimate of drug-likeness (QED) is 0.768. The number of benzene rings is 2. The van der Waals surface area contributed by atoms with Crippen LogP contribution in [0.3, 0.4) is 0 Å². The van der Waals surface area contributed by atoms with Gasteiger partial charge in [0, 0.05) is 18.0 Å². The highest BCUT2D eigenvalue weighted by Gasteiger charge is 2.05. The topological polar surface area (TPSA) is 71.2 Å². The Morgan fingerprint density at radius 2 is 1.79 bits per heavy atom. The van der Waals surface area contributed by atoms with Gasteiger partial charge in [-0.15, -0.1) is 0 Å². The van der Waals surface area contributed by atoms with Crippen LogP contribution < -0.4 is 10.9 Å². The van der Waals surface area contributed by atoms with Gasteiger partial charge in [0.2, 0.25) is 5.56 Å². The van der Waals surface area contributed by atoms with Crippen LogP contribution in [0.1, 0.15) is 5.56 Å². The molecule has 0 radical (unpaired) electrons. The molecule has 0 fully saturated rings. The molecule has 0 spiro atoms. The van der Waals surface area contributed by atoms with E-state index in [4.69, 9.17) is 4.74 Å². The molecular formula is C19H16N2O3. The van der Waals surface area contributed by atoms with E-state index < -0.39 is 6.09 Å². The first-order chi connectivity index (χ1) is 11.7. The van der Waals surface area contributed by atoms with Crippen molar-refractivity contribution in [2.75, 3.05) is 5.32 Å². The minimum atomic E-state index is -0.516. The molecule has 2 aromatic carbocycles. The molecule has 1 amide bonds. The molecule has 0 bridgehead atoms. The maximum atomic E-state index is 11.9. The molecule has 1 heterocycles. The molecule has 0 atom stereocenters. The van der Waals surface area contributed by atoms with Crippen LogP contribution in [-0.4, -0.2) is 11.1 Å². The van der Waals surface area contributed by atoms with Gasteiger partial charge < -0.3 is 9.72 Å². The normalized spacial score (nSPS) is 10.2. The fraction of sp³-hybridized carbons (Fsp3) is 0.0526. The molecule has 5 heteroatoms. The van der Waals surface area contributed by atoms with Gasteiger partial charge in [-0.3, -0.25) is 10.1 Å². The van der Waals surface area contributed by atoms with Gasteiger partial charge in [0.15, 0.2) is 0 Å². The minimum absolute atomic E-state index is 0.155. The summed E-state index contributed by atoms with van der Waals surface area (Å²) in [5, 5.41) is 2.70. The average Bonchev–Trinajstić information content (AvgIpc) is 2.62. The number of nitrogens with one attached hydrogen (secondary N) is 2. The molecule has 2 N–H and O–H groups in total. The Balaban J connectivity index is 1.65. The number of anilines is 1. The fourth-order valence-corrected chi connectivity index (χ4v) is 2.24. The van der Waals surface area contributed by atoms with Crippen LogP contribution in [-0.2, 0) is 11.3 Å². The van der Waals surface area contributed by atoms with Gasteiger partial charge in [0.25, 0.3) is 0 Å². The van der Waals surface area contributed by atoms with Crippen molar-refractivity contribution < 1.29 is 9.53 Å². The predicted octanol–water partition coefficient (Wildman–Crippen LogP) is 3.79. The summed E-state index contributed by atoms with van der Waals surface area (Å²) in [7, 11) is 0. The molecule has 5 nitrogen and oxygen atoms in total. The summed E-state index contributed by atoms with van der Waals surface area (Å²) in [6, 6.07) is 20.0. The lowest BCUT2D eigenvalue weighted by atomic mass is 10.1. The SMILES string of the molecule is O=C(Nc1cccc(-c2ccc(=O)[nH]c2)c1)OCc1ccccc1. The van der Waals surface area contributed by atoms with E-state index in [1.54, 1.807) is 18.3 Å². The zero-order chi connectivity index (χ0) is 16.8. The Hall–Kier alpha value is -3.34. The second-order valence-corrected chi connectivity index (χ2v) is 5.21. The number of aromatic nitrogens is 1. The minimum Gasteiger partial charge on any atom is -0.444 e. The Kier molecular flexibility index (Phi) is 4.72. The summed E-state index contributed by atoms with van der Waals surface area (Å²) < 4.78 is 5.20. The van der Waals surface area contributed by atoms with E-state index in [1.807, 2.05) is 48.5 Å². The molecule has 120 valence electrons. The molecule has 0 aliphatic rings. The number of pyridine rings is 1. The number of H-pyrrole nitrogens is 1. The van der Waals surface area contributed by atoms with Gasteiger partial charge in [0.1, 0.15) is 6.61 Å². The Labute approximate surface area is 138 Å². The molecule has 0 aliphatic carbocycles. The van der Waals surface area contributed by atoms with Gasteiger partial charge in [-0.05, 0) is 34.9 Å². The summed E-state index contributed by atoms with van der Waals surface area (Å²) in [6.07, 6.45) is 1.12. The van der Waals surface area contributed by atoms with Crippen molar-refractivity contribution in [3.05, 3.63) is 88.8 Å². The average molecular weight is 320 g/mol. The highest BCUT2D eigenvalue weighted by molar-refractivity contribution is 5.85. The van der Waals surface area contributed by atoms with E-state index in [1.165, 1.54) is 6.07 Å². The zero-order valence-electron chi connectivity index (χ0n) is 12.9. The lowest BCUT2D eigenvalue weighted by molar-refractivity contribution is 0.155. The molecule has 0 saturated heterocycles. The van der Waals surface area contributed by atoms with Crippen LogP contribution in [0.2, 0.25) is 0 Å². The maximum absolute atomic E-state index is 11.9. The Morgan fingerprint density at radius 3 is 2.54 bits per heavy atom. The molecule has 1 aromatic heterocycles. The van der Waals surface area contributed by atoms with E-state index in [0.29, 0.717) is 5.69 Å². The van der Waals surface area contributed by atoms with Crippen molar-refractivity contribution in [1.82, 2.24) is 4.98 Å². The largest absolute Gasteiger partial charge is 0.444 e.